The van der Waals surface area contributed by atoms with Crippen LogP contribution in [0.5, 0.6) is 0 Å². The third-order valence-corrected chi connectivity index (χ3v) is 3.95. The fourth-order valence-corrected chi connectivity index (χ4v) is 2.93. The van der Waals surface area contributed by atoms with Gasteiger partial charge in [0.15, 0.2) is 0 Å². The summed E-state index contributed by atoms with van der Waals surface area (Å²) in [5, 5.41) is 1.31. The molecule has 2 nitrogen and oxygen atoms in total. The molecule has 0 aromatic carbocycles. The maximum absolute atomic E-state index is 11.0. The minimum Gasteiger partial charge on any atom is -0.458 e. The van der Waals surface area contributed by atoms with E-state index in [4.69, 9.17) is 4.74 Å². The summed E-state index contributed by atoms with van der Waals surface area (Å²) in [5.74, 6) is 0.116. The van der Waals surface area contributed by atoms with Crippen LogP contribution >= 0.6 is 0 Å². The van der Waals surface area contributed by atoms with E-state index in [2.05, 4.69) is 38.2 Å². The van der Waals surface area contributed by atoms with Crippen molar-refractivity contribution in [3.05, 3.63) is 23.4 Å². The Morgan fingerprint density at radius 1 is 1.50 bits per heavy atom. The van der Waals surface area contributed by atoms with Crippen molar-refractivity contribution >= 4 is 14.8 Å². The minimum absolute atomic E-state index is 0.0265. The highest BCUT2D eigenvalue weighted by atomic mass is 28.3. The Kier molecular flexibility index (Phi) is 3.69. The molecule has 0 aromatic rings. The maximum Gasteiger partial charge on any atom is 0.303 e. The van der Waals surface area contributed by atoms with Gasteiger partial charge in [0.2, 0.25) is 0 Å². The predicted octanol–water partition coefficient (Wildman–Crippen LogP) is 2.34. The molecule has 0 unspecified atom stereocenters. The van der Waals surface area contributed by atoms with Crippen molar-refractivity contribution in [2.75, 3.05) is 0 Å². The summed E-state index contributed by atoms with van der Waals surface area (Å²) in [6.45, 7) is 8.00. The van der Waals surface area contributed by atoms with Gasteiger partial charge in [0.05, 0.1) is 8.80 Å². The molecule has 14 heavy (non-hydrogen) atoms. The molecule has 0 amide bonds. The Labute approximate surface area is 87.3 Å². The molecular formula is C11H17O2Si. The van der Waals surface area contributed by atoms with E-state index in [0.29, 0.717) is 5.92 Å². The second kappa shape index (κ2) is 4.60. The highest BCUT2D eigenvalue weighted by Crippen LogP contribution is 2.24. The van der Waals surface area contributed by atoms with Crippen LogP contribution in [0.3, 0.4) is 0 Å². The van der Waals surface area contributed by atoms with Gasteiger partial charge in [-0.05, 0) is 5.20 Å². The first kappa shape index (κ1) is 11.2. The third kappa shape index (κ3) is 2.58. The van der Waals surface area contributed by atoms with Gasteiger partial charge < -0.3 is 4.74 Å². The molecule has 3 heteroatoms. The molecule has 0 bridgehead atoms. The van der Waals surface area contributed by atoms with Crippen LogP contribution in [0.15, 0.2) is 23.4 Å². The van der Waals surface area contributed by atoms with E-state index in [1.165, 1.54) is 12.1 Å². The van der Waals surface area contributed by atoms with Gasteiger partial charge in [-0.1, -0.05) is 38.2 Å². The average Bonchev–Trinajstić information content (AvgIpc) is 2.07. The van der Waals surface area contributed by atoms with Gasteiger partial charge in [-0.15, -0.1) is 0 Å². The van der Waals surface area contributed by atoms with Gasteiger partial charge in [-0.3, -0.25) is 4.79 Å². The molecule has 1 aliphatic carbocycles. The summed E-state index contributed by atoms with van der Waals surface area (Å²) in [6, 6.07) is 0. The molecule has 0 aromatic heterocycles. The normalized spacial score (nSPS) is 26.2. The molecule has 0 fully saturated rings. The van der Waals surface area contributed by atoms with Gasteiger partial charge in [-0.2, -0.15) is 0 Å². The monoisotopic (exact) mass is 209 g/mol. The topological polar surface area (TPSA) is 26.3 Å². The number of hydrogen-bond acceptors (Lipinski definition) is 2. The fourth-order valence-electron chi connectivity index (χ4n) is 1.61. The second-order valence-electron chi connectivity index (χ2n) is 3.90. The van der Waals surface area contributed by atoms with Crippen LogP contribution < -0.4 is 0 Å². The number of esters is 1. The highest BCUT2D eigenvalue weighted by molar-refractivity contribution is 6.64. The lowest BCUT2D eigenvalue weighted by Crippen LogP contribution is -2.32. The van der Waals surface area contributed by atoms with Gasteiger partial charge in [0.1, 0.15) is 6.10 Å². The zero-order chi connectivity index (χ0) is 10.7. The van der Waals surface area contributed by atoms with E-state index >= 15 is 0 Å². The van der Waals surface area contributed by atoms with Gasteiger partial charge in [-0.25, -0.2) is 0 Å². The molecule has 0 saturated heterocycles. The summed E-state index contributed by atoms with van der Waals surface area (Å²) in [7, 11) is -0.528. The average molecular weight is 209 g/mol. The predicted molar refractivity (Wildman–Crippen MR) is 59.4 cm³/mol. The number of carbonyl (C=O) groups excluding carboxylic acids is 1. The summed E-state index contributed by atoms with van der Waals surface area (Å²) in [6.07, 6.45) is 6.22. The van der Waals surface area contributed by atoms with Crippen molar-refractivity contribution in [1.82, 2.24) is 0 Å². The lowest BCUT2D eigenvalue weighted by Gasteiger charge is -2.28. The molecule has 77 valence electrons. The Morgan fingerprint density at radius 3 is 2.64 bits per heavy atom. The molecule has 0 spiro atoms. The lowest BCUT2D eigenvalue weighted by molar-refractivity contribution is -0.145. The quantitative estimate of drug-likeness (QED) is 0.515. The standard InChI is InChI=1S/C11H17O2Si/c1-8-6-5-7-10(14(3)4)11(8)13-9(2)12/h5-8,11H,1-4H3/t8-,11-/m0/s1. The van der Waals surface area contributed by atoms with Crippen LogP contribution in [0.1, 0.15) is 13.8 Å². The Balaban J connectivity index is 2.83. The number of carbonyl (C=O) groups is 1. The minimum atomic E-state index is -0.528. The van der Waals surface area contributed by atoms with Gasteiger partial charge >= 0.3 is 5.97 Å². The first-order valence-corrected chi connectivity index (χ1v) is 7.38. The second-order valence-corrected chi connectivity index (χ2v) is 6.47. The molecule has 0 N–H and O–H groups in total. The van der Waals surface area contributed by atoms with Crippen LogP contribution in [0.25, 0.3) is 0 Å². The van der Waals surface area contributed by atoms with Crippen LogP contribution in [0, 0.1) is 5.92 Å². The third-order valence-electron chi connectivity index (χ3n) is 2.34. The van der Waals surface area contributed by atoms with Gasteiger partial charge in [0, 0.05) is 12.8 Å². The van der Waals surface area contributed by atoms with Crippen molar-refractivity contribution in [1.29, 1.82) is 0 Å². The van der Waals surface area contributed by atoms with E-state index in [1.54, 1.807) is 0 Å². The van der Waals surface area contributed by atoms with Gasteiger partial charge in [0.25, 0.3) is 0 Å². The van der Waals surface area contributed by atoms with Crippen LogP contribution in [-0.4, -0.2) is 20.9 Å². The Hall–Kier alpha value is -0.833. The smallest absolute Gasteiger partial charge is 0.303 e. The molecule has 1 radical (unpaired) electrons. The van der Waals surface area contributed by atoms with E-state index in [0.717, 1.165) is 0 Å². The lowest BCUT2D eigenvalue weighted by atomic mass is 9.99. The Bertz CT molecular complexity index is 279. The van der Waals surface area contributed by atoms with E-state index < -0.39 is 8.80 Å². The number of rotatable bonds is 2. The van der Waals surface area contributed by atoms with Crippen LogP contribution in [0.2, 0.25) is 13.1 Å². The largest absolute Gasteiger partial charge is 0.458 e. The molecule has 2 atom stereocenters. The number of hydrogen-bond donors (Lipinski definition) is 0. The van der Waals surface area contributed by atoms with Crippen molar-refractivity contribution in [2.45, 2.75) is 33.0 Å². The summed E-state index contributed by atoms with van der Waals surface area (Å²) in [5.41, 5.74) is 0. The number of ether oxygens (including phenoxy) is 1. The molecular weight excluding hydrogens is 192 g/mol. The van der Waals surface area contributed by atoms with Crippen molar-refractivity contribution < 1.29 is 9.53 Å². The summed E-state index contributed by atoms with van der Waals surface area (Å²) >= 11 is 0. The molecule has 1 aliphatic rings. The highest BCUT2D eigenvalue weighted by Gasteiger charge is 2.26. The summed E-state index contributed by atoms with van der Waals surface area (Å²) in [4.78, 5) is 11.0. The van der Waals surface area contributed by atoms with Crippen LogP contribution in [-0.2, 0) is 9.53 Å². The van der Waals surface area contributed by atoms with Crippen molar-refractivity contribution in [3.8, 4) is 0 Å². The number of allylic oxidation sites excluding steroid dienone is 2. The van der Waals surface area contributed by atoms with E-state index in [1.807, 2.05) is 0 Å². The fraction of sp³-hybridized carbons (Fsp3) is 0.545. The van der Waals surface area contributed by atoms with E-state index in [9.17, 15) is 4.79 Å². The molecule has 0 heterocycles. The maximum atomic E-state index is 11.0. The van der Waals surface area contributed by atoms with E-state index in [-0.39, 0.29) is 12.1 Å². The van der Waals surface area contributed by atoms with Crippen molar-refractivity contribution in [2.24, 2.45) is 5.92 Å². The zero-order valence-electron chi connectivity index (χ0n) is 9.20. The zero-order valence-corrected chi connectivity index (χ0v) is 10.2. The molecule has 0 saturated carbocycles. The summed E-state index contributed by atoms with van der Waals surface area (Å²) < 4.78 is 5.34. The molecule has 0 aliphatic heterocycles. The van der Waals surface area contributed by atoms with Crippen LogP contribution in [0.4, 0.5) is 0 Å². The molecule has 1 rings (SSSR count). The SMILES string of the molecule is CC(=O)O[C@@H]1C([Si](C)C)=CC=C[C@@H]1C. The Morgan fingerprint density at radius 2 is 2.14 bits per heavy atom. The van der Waals surface area contributed by atoms with Crippen molar-refractivity contribution in [3.63, 3.8) is 0 Å². The first-order chi connectivity index (χ1) is 6.52. The first-order valence-electron chi connectivity index (χ1n) is 4.88.